The molecule has 0 spiro atoms. The topological polar surface area (TPSA) is 77.1 Å². The van der Waals surface area contributed by atoms with Crippen molar-refractivity contribution < 1.29 is 8.42 Å². The molecule has 0 bridgehead atoms. The van der Waals surface area contributed by atoms with Gasteiger partial charge in [0.05, 0.1) is 4.90 Å². The predicted octanol–water partition coefficient (Wildman–Crippen LogP) is 1.29. The second-order valence-corrected chi connectivity index (χ2v) is 6.50. The van der Waals surface area contributed by atoms with Gasteiger partial charge < -0.3 is 10.3 Å². The smallest absolute Gasteiger partial charge is 0.242 e. The summed E-state index contributed by atoms with van der Waals surface area (Å²) in [5, 5.41) is 0. The first kappa shape index (κ1) is 15.2. The molecule has 1 aromatic rings. The molecule has 0 saturated carbocycles. The summed E-state index contributed by atoms with van der Waals surface area (Å²) in [4.78, 5) is 0.300. The summed E-state index contributed by atoms with van der Waals surface area (Å²) >= 11 is 0. The van der Waals surface area contributed by atoms with Crippen LogP contribution in [0.15, 0.2) is 17.2 Å². The van der Waals surface area contributed by atoms with E-state index in [1.165, 1.54) is 0 Å². The summed E-state index contributed by atoms with van der Waals surface area (Å²) in [5.41, 5.74) is 6.42. The fourth-order valence-electron chi connectivity index (χ4n) is 1.70. The van der Waals surface area contributed by atoms with Crippen LogP contribution in [0.25, 0.3) is 0 Å². The number of hydrogen-bond donors (Lipinski definition) is 2. The van der Waals surface area contributed by atoms with Crippen molar-refractivity contribution in [2.45, 2.75) is 45.2 Å². The van der Waals surface area contributed by atoms with Gasteiger partial charge in [0.15, 0.2) is 0 Å². The van der Waals surface area contributed by atoms with Gasteiger partial charge in [-0.25, -0.2) is 13.1 Å². The zero-order valence-electron chi connectivity index (χ0n) is 11.3. The Morgan fingerprint density at radius 2 is 2.11 bits per heavy atom. The van der Waals surface area contributed by atoms with E-state index in [1.807, 2.05) is 11.5 Å². The van der Waals surface area contributed by atoms with E-state index in [-0.39, 0.29) is 0 Å². The van der Waals surface area contributed by atoms with Crippen LogP contribution in [-0.2, 0) is 23.1 Å². The Morgan fingerprint density at radius 1 is 1.44 bits per heavy atom. The van der Waals surface area contributed by atoms with Crippen LogP contribution in [0.5, 0.6) is 0 Å². The maximum Gasteiger partial charge on any atom is 0.242 e. The molecule has 1 rings (SSSR count). The molecular weight excluding hydrogens is 250 g/mol. The number of rotatable bonds is 7. The van der Waals surface area contributed by atoms with Crippen LogP contribution in [0.4, 0.5) is 0 Å². The molecular formula is C12H23N3O2S. The van der Waals surface area contributed by atoms with Gasteiger partial charge in [-0.1, -0.05) is 13.8 Å². The minimum Gasteiger partial charge on any atom is -0.349 e. The molecule has 0 aliphatic carbocycles. The van der Waals surface area contributed by atoms with E-state index in [0.717, 1.165) is 12.1 Å². The van der Waals surface area contributed by atoms with Crippen molar-refractivity contribution >= 4 is 10.0 Å². The fraction of sp³-hybridized carbons (Fsp3) is 0.667. The summed E-state index contributed by atoms with van der Waals surface area (Å²) in [6.07, 6.45) is 2.47. The Morgan fingerprint density at radius 3 is 2.56 bits per heavy atom. The quantitative estimate of drug-likeness (QED) is 0.786. The van der Waals surface area contributed by atoms with Gasteiger partial charge in [0.1, 0.15) is 0 Å². The van der Waals surface area contributed by atoms with E-state index < -0.39 is 10.0 Å². The Balaban J connectivity index is 2.81. The van der Waals surface area contributed by atoms with Crippen molar-refractivity contribution in [2.24, 2.45) is 11.7 Å². The third-order valence-corrected chi connectivity index (χ3v) is 4.26. The predicted molar refractivity (Wildman–Crippen MR) is 72.6 cm³/mol. The third kappa shape index (κ3) is 3.83. The number of nitrogens with zero attached hydrogens (tertiary/aromatic N) is 1. The van der Waals surface area contributed by atoms with Crippen LogP contribution in [-0.4, -0.2) is 19.5 Å². The Bertz CT molecular complexity index is 456. The monoisotopic (exact) mass is 273 g/mol. The molecule has 0 radical (unpaired) electrons. The number of hydrogen-bond acceptors (Lipinski definition) is 3. The van der Waals surface area contributed by atoms with Gasteiger partial charge in [0.2, 0.25) is 10.0 Å². The number of aromatic nitrogens is 1. The second-order valence-electron chi connectivity index (χ2n) is 4.74. The molecule has 0 atom stereocenters. The molecule has 0 aliphatic heterocycles. The molecule has 0 amide bonds. The van der Waals surface area contributed by atoms with Crippen LogP contribution in [0, 0.1) is 5.92 Å². The number of nitrogens with two attached hydrogens (primary N) is 1. The first-order valence-electron chi connectivity index (χ1n) is 6.29. The van der Waals surface area contributed by atoms with E-state index in [0.29, 0.717) is 30.4 Å². The fourth-order valence-corrected chi connectivity index (χ4v) is 2.81. The van der Waals surface area contributed by atoms with Gasteiger partial charge in [-0.05, 0) is 25.3 Å². The van der Waals surface area contributed by atoms with E-state index in [4.69, 9.17) is 5.73 Å². The molecule has 5 nitrogen and oxygen atoms in total. The highest BCUT2D eigenvalue weighted by Gasteiger charge is 2.17. The average Bonchev–Trinajstić information content (AvgIpc) is 2.71. The zero-order valence-corrected chi connectivity index (χ0v) is 12.1. The van der Waals surface area contributed by atoms with Gasteiger partial charge in [-0.15, -0.1) is 0 Å². The van der Waals surface area contributed by atoms with Crippen LogP contribution in [0.1, 0.15) is 32.9 Å². The molecule has 0 aliphatic rings. The van der Waals surface area contributed by atoms with E-state index in [2.05, 4.69) is 18.6 Å². The first-order valence-corrected chi connectivity index (χ1v) is 7.77. The number of nitrogens with one attached hydrogen (secondary N) is 1. The van der Waals surface area contributed by atoms with Crippen molar-refractivity contribution in [1.29, 1.82) is 0 Å². The van der Waals surface area contributed by atoms with E-state index in [9.17, 15) is 8.42 Å². The molecule has 1 heterocycles. The average molecular weight is 273 g/mol. The van der Waals surface area contributed by atoms with Gasteiger partial charge in [0.25, 0.3) is 0 Å². The third-order valence-electron chi connectivity index (χ3n) is 2.83. The lowest BCUT2D eigenvalue weighted by atomic mass is 10.1. The summed E-state index contributed by atoms with van der Waals surface area (Å²) in [6, 6.07) is 1.64. The van der Waals surface area contributed by atoms with Crippen LogP contribution < -0.4 is 10.5 Å². The highest BCUT2D eigenvalue weighted by molar-refractivity contribution is 7.89. The van der Waals surface area contributed by atoms with Crippen LogP contribution >= 0.6 is 0 Å². The molecule has 0 unspecified atom stereocenters. The normalized spacial score (nSPS) is 12.3. The minimum atomic E-state index is -3.40. The minimum absolute atomic E-state index is 0.300. The lowest BCUT2D eigenvalue weighted by molar-refractivity contribution is 0.551. The lowest BCUT2D eigenvalue weighted by Crippen LogP contribution is -2.25. The molecule has 3 N–H and O–H groups in total. The Hall–Kier alpha value is -0.850. The number of sulfonamides is 1. The highest BCUT2D eigenvalue weighted by atomic mass is 32.2. The van der Waals surface area contributed by atoms with Gasteiger partial charge >= 0.3 is 0 Å². The SMILES string of the molecule is CCn1cc(S(=O)(=O)NCCC(C)C)cc1CN. The van der Waals surface area contributed by atoms with Crippen LogP contribution in [0.3, 0.4) is 0 Å². The largest absolute Gasteiger partial charge is 0.349 e. The van der Waals surface area contributed by atoms with Gasteiger partial charge in [-0.2, -0.15) is 0 Å². The van der Waals surface area contributed by atoms with Crippen molar-refractivity contribution in [3.8, 4) is 0 Å². The Kier molecular flexibility index (Phi) is 5.37. The first-order chi connectivity index (χ1) is 8.40. The highest BCUT2D eigenvalue weighted by Crippen LogP contribution is 2.14. The van der Waals surface area contributed by atoms with Crippen molar-refractivity contribution in [1.82, 2.24) is 9.29 Å². The van der Waals surface area contributed by atoms with Crippen LogP contribution in [0.2, 0.25) is 0 Å². The van der Waals surface area contributed by atoms with Gasteiger partial charge in [-0.3, -0.25) is 0 Å². The van der Waals surface area contributed by atoms with E-state index in [1.54, 1.807) is 12.3 Å². The summed E-state index contributed by atoms with van der Waals surface area (Å²) in [6.45, 7) is 7.61. The molecule has 18 heavy (non-hydrogen) atoms. The summed E-state index contributed by atoms with van der Waals surface area (Å²) < 4.78 is 28.6. The molecule has 6 heteroatoms. The molecule has 104 valence electrons. The number of aryl methyl sites for hydroxylation is 1. The maximum absolute atomic E-state index is 12.0. The molecule has 0 fully saturated rings. The van der Waals surface area contributed by atoms with Crippen molar-refractivity contribution in [2.75, 3.05) is 6.54 Å². The van der Waals surface area contributed by atoms with Gasteiger partial charge in [0, 0.05) is 31.5 Å². The summed E-state index contributed by atoms with van der Waals surface area (Å²) in [5.74, 6) is 0.479. The standard InChI is InChI=1S/C12H23N3O2S/c1-4-15-9-12(7-11(15)8-13)18(16,17)14-6-5-10(2)3/h7,9-10,14H,4-6,8,13H2,1-3H3. The second kappa shape index (κ2) is 6.36. The molecule has 1 aromatic heterocycles. The molecule has 0 saturated heterocycles. The lowest BCUT2D eigenvalue weighted by Gasteiger charge is -2.06. The van der Waals surface area contributed by atoms with Crippen molar-refractivity contribution in [3.05, 3.63) is 18.0 Å². The van der Waals surface area contributed by atoms with E-state index >= 15 is 0 Å². The molecule has 0 aromatic carbocycles. The maximum atomic E-state index is 12.0. The zero-order chi connectivity index (χ0) is 13.8. The van der Waals surface area contributed by atoms with Crippen molar-refractivity contribution in [3.63, 3.8) is 0 Å². The summed E-state index contributed by atoms with van der Waals surface area (Å²) in [7, 11) is -3.40. The Labute approximate surface area is 109 Å².